The number of carboxylic acid groups (broad SMARTS) is 1. The van der Waals surface area contributed by atoms with Crippen LogP contribution in [0.15, 0.2) is 41.4 Å². The van der Waals surface area contributed by atoms with E-state index in [0.29, 0.717) is 11.3 Å². The van der Waals surface area contributed by atoms with Crippen LogP contribution < -0.4 is 4.72 Å². The van der Waals surface area contributed by atoms with Gasteiger partial charge in [0.05, 0.1) is 5.69 Å². The molecule has 0 atom stereocenters. The quantitative estimate of drug-likeness (QED) is 0.838. The summed E-state index contributed by atoms with van der Waals surface area (Å²) in [6, 6.07) is 7.46. The normalized spacial score (nSPS) is 10.9. The first kappa shape index (κ1) is 14.7. The van der Waals surface area contributed by atoms with Crippen molar-refractivity contribution in [3.8, 4) is 12.3 Å². The number of aryl methyl sites for hydroxylation is 1. The van der Waals surface area contributed by atoms with Crippen molar-refractivity contribution in [2.75, 3.05) is 4.72 Å². The molecule has 2 aromatic rings. The number of sulfonamides is 1. The highest BCUT2D eigenvalue weighted by atomic mass is 32.2. The van der Waals surface area contributed by atoms with Crippen molar-refractivity contribution in [1.82, 2.24) is 4.57 Å². The molecule has 0 aliphatic carbocycles. The molecule has 0 fully saturated rings. The molecule has 6 nitrogen and oxygen atoms in total. The zero-order chi connectivity index (χ0) is 15.6. The van der Waals surface area contributed by atoms with Crippen LogP contribution >= 0.6 is 0 Å². The largest absolute Gasteiger partial charge is 0.477 e. The van der Waals surface area contributed by atoms with Crippen LogP contribution in [-0.4, -0.2) is 24.1 Å². The lowest BCUT2D eigenvalue weighted by atomic mass is 10.2. The molecule has 21 heavy (non-hydrogen) atoms. The van der Waals surface area contributed by atoms with Gasteiger partial charge in [-0.25, -0.2) is 13.2 Å². The lowest BCUT2D eigenvalue weighted by Gasteiger charge is -2.06. The average molecular weight is 304 g/mol. The van der Waals surface area contributed by atoms with Crippen molar-refractivity contribution >= 4 is 21.7 Å². The molecule has 108 valence electrons. The number of hydrogen-bond acceptors (Lipinski definition) is 3. The van der Waals surface area contributed by atoms with Gasteiger partial charge in [0.15, 0.2) is 0 Å². The van der Waals surface area contributed by atoms with Crippen LogP contribution in [0.3, 0.4) is 0 Å². The van der Waals surface area contributed by atoms with E-state index >= 15 is 0 Å². The number of rotatable bonds is 4. The van der Waals surface area contributed by atoms with Crippen LogP contribution in [0.5, 0.6) is 0 Å². The number of carboxylic acids is 1. The number of nitrogens with zero attached hydrogens (tertiary/aromatic N) is 1. The Labute approximate surface area is 122 Å². The van der Waals surface area contributed by atoms with Crippen LogP contribution in [0.4, 0.5) is 5.69 Å². The lowest BCUT2D eigenvalue weighted by molar-refractivity contribution is 0.0686. The molecular formula is C14H12N2O4S. The van der Waals surface area contributed by atoms with Gasteiger partial charge in [-0.1, -0.05) is 12.0 Å². The minimum Gasteiger partial charge on any atom is -0.477 e. The Morgan fingerprint density at radius 2 is 2.10 bits per heavy atom. The van der Waals surface area contributed by atoms with Crippen molar-refractivity contribution in [3.05, 3.63) is 47.8 Å². The van der Waals surface area contributed by atoms with Gasteiger partial charge < -0.3 is 9.67 Å². The minimum atomic E-state index is -3.88. The Morgan fingerprint density at radius 3 is 2.67 bits per heavy atom. The van der Waals surface area contributed by atoms with Crippen molar-refractivity contribution in [1.29, 1.82) is 0 Å². The van der Waals surface area contributed by atoms with E-state index in [0.717, 1.165) is 6.07 Å². The summed E-state index contributed by atoms with van der Waals surface area (Å²) in [5.41, 5.74) is 0.730. The lowest BCUT2D eigenvalue weighted by Crippen LogP contribution is -2.12. The molecule has 2 N–H and O–H groups in total. The zero-order valence-corrected chi connectivity index (χ0v) is 11.9. The number of benzene rings is 1. The van der Waals surface area contributed by atoms with E-state index < -0.39 is 16.0 Å². The smallest absolute Gasteiger partial charge is 0.352 e. The molecule has 2 rings (SSSR count). The van der Waals surface area contributed by atoms with Crippen LogP contribution in [0.25, 0.3) is 0 Å². The number of hydrogen-bond donors (Lipinski definition) is 2. The second-order valence-electron chi connectivity index (χ2n) is 4.31. The Bertz CT molecular complexity index is 844. The monoisotopic (exact) mass is 304 g/mol. The molecule has 1 aromatic heterocycles. The number of terminal acetylenes is 1. The SMILES string of the molecule is C#Cc1cccc(NS(=O)(=O)c2cc(C(=O)O)n(C)c2)c1. The summed E-state index contributed by atoms with van der Waals surface area (Å²) in [6.07, 6.45) is 6.49. The van der Waals surface area contributed by atoms with Gasteiger partial charge in [-0.05, 0) is 24.3 Å². The average Bonchev–Trinajstić information content (AvgIpc) is 2.81. The maximum absolute atomic E-state index is 12.2. The first-order valence-corrected chi connectivity index (χ1v) is 7.31. The number of carbonyl (C=O) groups is 1. The van der Waals surface area contributed by atoms with E-state index in [4.69, 9.17) is 11.5 Å². The molecule has 0 bridgehead atoms. The minimum absolute atomic E-state index is 0.118. The summed E-state index contributed by atoms with van der Waals surface area (Å²) in [4.78, 5) is 10.8. The van der Waals surface area contributed by atoms with Crippen LogP contribution in [0.1, 0.15) is 16.1 Å². The third-order valence-electron chi connectivity index (χ3n) is 2.79. The molecule has 0 aliphatic heterocycles. The van der Waals surface area contributed by atoms with E-state index in [1.165, 1.54) is 23.9 Å². The fourth-order valence-corrected chi connectivity index (χ4v) is 2.90. The first-order chi connectivity index (χ1) is 9.83. The first-order valence-electron chi connectivity index (χ1n) is 5.82. The van der Waals surface area contributed by atoms with Crippen molar-refractivity contribution in [2.45, 2.75) is 4.90 Å². The Hall–Kier alpha value is -2.72. The van der Waals surface area contributed by atoms with Crippen molar-refractivity contribution in [3.63, 3.8) is 0 Å². The Balaban J connectivity index is 2.36. The third-order valence-corrected chi connectivity index (χ3v) is 4.14. The highest BCUT2D eigenvalue weighted by molar-refractivity contribution is 7.92. The fraction of sp³-hybridized carbons (Fsp3) is 0.0714. The van der Waals surface area contributed by atoms with E-state index in [1.807, 2.05) is 0 Å². The second-order valence-corrected chi connectivity index (χ2v) is 5.99. The number of aromatic carboxylic acids is 1. The highest BCUT2D eigenvalue weighted by Gasteiger charge is 2.20. The van der Waals surface area contributed by atoms with Crippen LogP contribution in [-0.2, 0) is 17.1 Å². The third kappa shape index (κ3) is 3.07. The van der Waals surface area contributed by atoms with E-state index in [9.17, 15) is 13.2 Å². The summed E-state index contributed by atoms with van der Waals surface area (Å²) < 4.78 is 28.0. The standard InChI is InChI=1S/C14H12N2O4S/c1-3-10-5-4-6-11(7-10)15-21(19,20)12-8-13(14(17)18)16(2)9-12/h1,4-9,15H,2H3,(H,17,18). The predicted molar refractivity (Wildman–Crippen MR) is 77.6 cm³/mol. The molecular weight excluding hydrogens is 292 g/mol. The second kappa shape index (κ2) is 5.34. The van der Waals surface area contributed by atoms with Crippen LogP contribution in [0.2, 0.25) is 0 Å². The maximum atomic E-state index is 12.2. The van der Waals surface area contributed by atoms with Gasteiger partial charge in [0.2, 0.25) is 0 Å². The van der Waals surface area contributed by atoms with Gasteiger partial charge in [0.1, 0.15) is 10.6 Å². The summed E-state index contributed by atoms with van der Waals surface area (Å²) in [5, 5.41) is 8.94. The van der Waals surface area contributed by atoms with Gasteiger partial charge in [-0.2, -0.15) is 0 Å². The zero-order valence-electron chi connectivity index (χ0n) is 11.1. The van der Waals surface area contributed by atoms with Crippen molar-refractivity contribution in [2.24, 2.45) is 7.05 Å². The molecule has 0 saturated carbocycles. The molecule has 0 amide bonds. The van der Waals surface area contributed by atoms with E-state index in [-0.39, 0.29) is 10.6 Å². The summed E-state index contributed by atoms with van der Waals surface area (Å²) >= 11 is 0. The van der Waals surface area contributed by atoms with E-state index in [1.54, 1.807) is 18.2 Å². The topological polar surface area (TPSA) is 88.4 Å². The predicted octanol–water partition coefficient (Wildman–Crippen LogP) is 1.51. The van der Waals surface area contributed by atoms with Gasteiger partial charge >= 0.3 is 5.97 Å². The molecule has 0 aliphatic rings. The maximum Gasteiger partial charge on any atom is 0.352 e. The molecule has 0 spiro atoms. The molecule has 1 aromatic carbocycles. The van der Waals surface area contributed by atoms with Crippen LogP contribution in [0, 0.1) is 12.3 Å². The number of nitrogens with one attached hydrogen (secondary N) is 1. The highest BCUT2D eigenvalue weighted by Crippen LogP contribution is 2.19. The Morgan fingerprint density at radius 1 is 1.38 bits per heavy atom. The van der Waals surface area contributed by atoms with Gasteiger partial charge in [0.25, 0.3) is 10.0 Å². The number of anilines is 1. The summed E-state index contributed by atoms with van der Waals surface area (Å²) in [6.45, 7) is 0. The summed E-state index contributed by atoms with van der Waals surface area (Å²) in [7, 11) is -2.42. The fourth-order valence-electron chi connectivity index (χ4n) is 1.78. The molecule has 0 unspecified atom stereocenters. The van der Waals surface area contributed by atoms with E-state index in [2.05, 4.69) is 10.6 Å². The van der Waals surface area contributed by atoms with Gasteiger partial charge in [0, 0.05) is 18.8 Å². The molecule has 7 heteroatoms. The summed E-state index contributed by atoms with van der Waals surface area (Å²) in [5.74, 6) is 1.20. The van der Waals surface area contributed by atoms with Gasteiger partial charge in [-0.3, -0.25) is 4.72 Å². The molecule has 0 saturated heterocycles. The number of aromatic nitrogens is 1. The molecule has 0 radical (unpaired) electrons. The van der Waals surface area contributed by atoms with Crippen molar-refractivity contribution < 1.29 is 18.3 Å². The molecule has 1 heterocycles. The van der Waals surface area contributed by atoms with Gasteiger partial charge in [-0.15, -0.1) is 6.42 Å². The Kier molecular flexibility index (Phi) is 3.74.